The molecule has 0 aliphatic carbocycles. The molecule has 2 atom stereocenters. The highest BCUT2D eigenvalue weighted by molar-refractivity contribution is 7.15. The van der Waals surface area contributed by atoms with Crippen molar-refractivity contribution in [2.24, 2.45) is 4.99 Å². The minimum Gasteiger partial charge on any atom is -0.481 e. The number of carboxylic acids is 1. The van der Waals surface area contributed by atoms with E-state index >= 15 is 0 Å². The second-order valence-corrected chi connectivity index (χ2v) is 9.17. The quantitative estimate of drug-likeness (QED) is 0.467. The Bertz CT molecular complexity index is 1340. The van der Waals surface area contributed by atoms with E-state index in [1.165, 1.54) is 4.88 Å². The van der Waals surface area contributed by atoms with Crippen LogP contribution in [0.25, 0.3) is 16.1 Å². The Balaban J connectivity index is 1.60. The van der Waals surface area contributed by atoms with Crippen molar-refractivity contribution < 1.29 is 9.90 Å². The van der Waals surface area contributed by atoms with Gasteiger partial charge in [-0.05, 0) is 43.0 Å². The number of carbonyl (C=O) groups is 1. The van der Waals surface area contributed by atoms with Gasteiger partial charge in [0.15, 0.2) is 5.82 Å². The van der Waals surface area contributed by atoms with Crippen molar-refractivity contribution in [1.29, 1.82) is 0 Å². The number of hydrogen-bond donors (Lipinski definition) is 1. The van der Waals surface area contributed by atoms with Crippen LogP contribution < -0.4 is 0 Å². The molecule has 0 saturated heterocycles. The lowest BCUT2D eigenvalue weighted by Crippen LogP contribution is -2.21. The molecular weight excluding hydrogens is 420 g/mol. The Labute approximate surface area is 189 Å². The van der Waals surface area contributed by atoms with Crippen molar-refractivity contribution in [3.05, 3.63) is 87.8 Å². The van der Waals surface area contributed by atoms with Gasteiger partial charge in [0, 0.05) is 16.7 Å². The Morgan fingerprint density at radius 2 is 1.69 bits per heavy atom. The van der Waals surface area contributed by atoms with E-state index in [9.17, 15) is 9.90 Å². The van der Waals surface area contributed by atoms with Gasteiger partial charge in [0.2, 0.25) is 0 Å². The number of aliphatic imine (C=N–C) groups is 1. The fraction of sp³-hybridized carbons (Fsp3) is 0.200. The molecule has 2 aromatic heterocycles. The lowest BCUT2D eigenvalue weighted by Gasteiger charge is -2.20. The summed E-state index contributed by atoms with van der Waals surface area (Å²) in [5.41, 5.74) is 4.96. The minimum atomic E-state index is -0.940. The Kier molecular flexibility index (Phi) is 4.98. The first-order valence-corrected chi connectivity index (χ1v) is 11.2. The molecular formula is C25H22N4O2S. The van der Waals surface area contributed by atoms with E-state index in [0.717, 1.165) is 33.1 Å². The van der Waals surface area contributed by atoms with Gasteiger partial charge in [-0.2, -0.15) is 0 Å². The molecule has 7 heteroatoms. The zero-order valence-electron chi connectivity index (χ0n) is 18.0. The topological polar surface area (TPSA) is 80.4 Å². The summed E-state index contributed by atoms with van der Waals surface area (Å²) in [4.78, 5) is 18.4. The minimum absolute atomic E-state index is 0.554. The molecule has 5 rings (SSSR count). The summed E-state index contributed by atoms with van der Waals surface area (Å²) in [7, 11) is 0. The molecule has 32 heavy (non-hydrogen) atoms. The molecule has 1 aliphatic rings. The van der Waals surface area contributed by atoms with Crippen LogP contribution in [0, 0.1) is 20.8 Å². The summed E-state index contributed by atoms with van der Waals surface area (Å²) in [5.74, 6) is -0.543. The average molecular weight is 443 g/mol. The van der Waals surface area contributed by atoms with Crippen LogP contribution in [-0.4, -0.2) is 32.1 Å². The zero-order chi connectivity index (χ0) is 22.4. The molecule has 0 fully saturated rings. The first-order chi connectivity index (χ1) is 15.5. The summed E-state index contributed by atoms with van der Waals surface area (Å²) in [6.45, 7) is 6.03. The van der Waals surface area contributed by atoms with Crippen LogP contribution in [0.15, 0.2) is 59.6 Å². The summed E-state index contributed by atoms with van der Waals surface area (Å²) >= 11 is 1.65. The van der Waals surface area contributed by atoms with Crippen LogP contribution in [0.2, 0.25) is 0 Å². The number of benzene rings is 2. The largest absolute Gasteiger partial charge is 0.481 e. The number of rotatable bonds is 4. The number of fused-ring (bicyclic) bond motifs is 3. The fourth-order valence-corrected chi connectivity index (χ4v) is 5.38. The maximum absolute atomic E-state index is 12.5. The third-order valence-electron chi connectivity index (χ3n) is 6.05. The first kappa shape index (κ1) is 20.3. The summed E-state index contributed by atoms with van der Waals surface area (Å²) in [6, 6.07) is 17.0. The van der Waals surface area contributed by atoms with Crippen molar-refractivity contribution >= 4 is 23.5 Å². The van der Waals surface area contributed by atoms with Crippen molar-refractivity contribution in [2.75, 3.05) is 0 Å². The second kappa shape index (κ2) is 7.84. The van der Waals surface area contributed by atoms with Gasteiger partial charge in [0.25, 0.3) is 0 Å². The number of nitrogens with zero attached hydrogens (tertiary/aromatic N) is 4. The van der Waals surface area contributed by atoms with E-state index in [1.807, 2.05) is 66.1 Å². The van der Waals surface area contributed by atoms with Crippen LogP contribution >= 0.6 is 11.3 Å². The Morgan fingerprint density at radius 3 is 2.38 bits per heavy atom. The van der Waals surface area contributed by atoms with Crippen molar-refractivity contribution in [3.63, 3.8) is 0 Å². The molecule has 0 amide bonds. The van der Waals surface area contributed by atoms with Gasteiger partial charge in [-0.25, -0.2) is 0 Å². The highest BCUT2D eigenvalue weighted by Crippen LogP contribution is 2.40. The lowest BCUT2D eigenvalue weighted by atomic mass is 9.90. The molecule has 4 aromatic rings. The zero-order valence-corrected chi connectivity index (χ0v) is 18.8. The normalized spacial score (nSPS) is 15.7. The van der Waals surface area contributed by atoms with Gasteiger partial charge in [-0.1, -0.05) is 54.6 Å². The van der Waals surface area contributed by atoms with Gasteiger partial charge in [0.1, 0.15) is 22.8 Å². The van der Waals surface area contributed by atoms with E-state index < -0.39 is 17.9 Å². The highest BCUT2D eigenvalue weighted by Gasteiger charge is 2.37. The third kappa shape index (κ3) is 3.26. The van der Waals surface area contributed by atoms with Gasteiger partial charge in [-0.15, -0.1) is 21.5 Å². The number of aliphatic carboxylic acids is 1. The molecule has 160 valence electrons. The average Bonchev–Trinajstić information content (AvgIpc) is 3.25. The third-order valence-corrected chi connectivity index (χ3v) is 7.26. The molecule has 1 unspecified atom stereocenters. The van der Waals surface area contributed by atoms with Crippen LogP contribution in [0.1, 0.15) is 45.2 Å². The van der Waals surface area contributed by atoms with Crippen LogP contribution in [0.4, 0.5) is 0 Å². The van der Waals surface area contributed by atoms with Crippen molar-refractivity contribution in [3.8, 4) is 16.1 Å². The summed E-state index contributed by atoms with van der Waals surface area (Å²) in [6.07, 6.45) is 1.81. The van der Waals surface area contributed by atoms with E-state index in [4.69, 9.17) is 4.99 Å². The molecule has 3 heterocycles. The standard InChI is InChI=1S/C25H22N4O2S/c1-14-15(2)32-24-20(14)13-26-22(23-28-27-16(3)29(23)24)21(25(30)31)19-11-9-18(10-12-19)17-7-5-4-6-8-17/h4-13,21-22H,1-3H3,(H,30,31)/t21?,22-/m0/s1. The van der Waals surface area contributed by atoms with Crippen molar-refractivity contribution in [1.82, 2.24) is 14.8 Å². The van der Waals surface area contributed by atoms with Crippen LogP contribution in [-0.2, 0) is 4.79 Å². The maximum Gasteiger partial charge on any atom is 0.313 e. The molecule has 0 bridgehead atoms. The molecule has 2 aromatic carbocycles. The SMILES string of the molecule is Cc1sc2c(c1C)C=N[C@@H](C(C(=O)O)c1ccc(-c3ccccc3)cc1)c1nnc(C)n1-2. The number of aryl methyl sites for hydroxylation is 2. The van der Waals surface area contributed by atoms with E-state index in [1.54, 1.807) is 17.6 Å². The Morgan fingerprint density at radius 1 is 1.00 bits per heavy atom. The predicted octanol–water partition coefficient (Wildman–Crippen LogP) is 5.26. The van der Waals surface area contributed by atoms with Gasteiger partial charge >= 0.3 is 5.97 Å². The monoisotopic (exact) mass is 442 g/mol. The van der Waals surface area contributed by atoms with E-state index in [0.29, 0.717) is 11.4 Å². The number of hydrogen-bond acceptors (Lipinski definition) is 5. The predicted molar refractivity (Wildman–Crippen MR) is 126 cm³/mol. The van der Waals surface area contributed by atoms with E-state index in [-0.39, 0.29) is 0 Å². The van der Waals surface area contributed by atoms with Gasteiger partial charge in [-0.3, -0.25) is 14.4 Å². The molecule has 0 spiro atoms. The number of aromatic nitrogens is 3. The summed E-state index contributed by atoms with van der Waals surface area (Å²) < 4.78 is 1.96. The number of carboxylic acid groups (broad SMARTS) is 1. The van der Waals surface area contributed by atoms with Gasteiger partial charge < -0.3 is 5.11 Å². The molecule has 0 radical (unpaired) electrons. The first-order valence-electron chi connectivity index (χ1n) is 10.4. The van der Waals surface area contributed by atoms with Crippen LogP contribution in [0.5, 0.6) is 0 Å². The molecule has 1 N–H and O–H groups in total. The maximum atomic E-state index is 12.5. The van der Waals surface area contributed by atoms with Gasteiger partial charge in [0.05, 0.1) is 0 Å². The van der Waals surface area contributed by atoms with Crippen LogP contribution in [0.3, 0.4) is 0 Å². The summed E-state index contributed by atoms with van der Waals surface area (Å²) in [5, 5.41) is 19.9. The Hall–Kier alpha value is -3.58. The fourth-order valence-electron chi connectivity index (χ4n) is 4.20. The molecule has 1 aliphatic heterocycles. The highest BCUT2D eigenvalue weighted by atomic mass is 32.1. The molecule has 0 saturated carbocycles. The smallest absolute Gasteiger partial charge is 0.313 e. The number of thiophene rings is 1. The lowest BCUT2D eigenvalue weighted by molar-refractivity contribution is -0.139. The molecule has 6 nitrogen and oxygen atoms in total. The van der Waals surface area contributed by atoms with Crippen molar-refractivity contribution in [2.45, 2.75) is 32.7 Å². The van der Waals surface area contributed by atoms with E-state index in [2.05, 4.69) is 24.0 Å². The second-order valence-electron chi connectivity index (χ2n) is 7.97.